The third kappa shape index (κ3) is 6.03. The number of rotatable bonds is 6. The topological polar surface area (TPSA) is 86.2 Å². The average Bonchev–Trinajstić information content (AvgIpc) is 3.98. The maximum atomic E-state index is 11.4. The Kier molecular flexibility index (Phi) is 9.31. The van der Waals surface area contributed by atoms with E-state index >= 15 is 0 Å². The Morgan fingerprint density at radius 3 is 0.971 bits per heavy atom. The Labute approximate surface area is 403 Å². The first kappa shape index (κ1) is 40.4. The molecule has 0 fully saturated rings. The molecule has 6 nitrogen and oxygen atoms in total. The van der Waals surface area contributed by atoms with Gasteiger partial charge in [-0.05, 0) is 89.9 Å². The molecule has 0 amide bonds. The van der Waals surface area contributed by atoms with Crippen molar-refractivity contribution in [3.05, 3.63) is 241 Å². The molecular formula is C64H38N6. The molecule has 1 aliphatic rings. The van der Waals surface area contributed by atoms with Crippen molar-refractivity contribution in [1.82, 2.24) is 13.7 Å². The average molecular weight is 891 g/mol. The molecule has 13 rings (SSSR count). The van der Waals surface area contributed by atoms with E-state index < -0.39 is 0 Å². The van der Waals surface area contributed by atoms with Crippen LogP contribution in [0.25, 0.3) is 110 Å². The minimum Gasteiger partial charge on any atom is -0.310 e. The molecule has 0 bridgehead atoms. The first-order chi connectivity index (χ1) is 34.6. The highest BCUT2D eigenvalue weighted by Gasteiger charge is 2.28. The van der Waals surface area contributed by atoms with Crippen molar-refractivity contribution < 1.29 is 0 Å². The number of nitrogens with zero attached hydrogens (tertiary/aromatic N) is 6. The Hall–Kier alpha value is -9.93. The van der Waals surface area contributed by atoms with E-state index in [9.17, 15) is 15.8 Å². The lowest BCUT2D eigenvalue weighted by Gasteiger charge is -2.20. The summed E-state index contributed by atoms with van der Waals surface area (Å²) in [5, 5.41) is 41.2. The van der Waals surface area contributed by atoms with Crippen LogP contribution in [0.1, 0.15) is 28.7 Å². The number of allylic oxidation sites excluding steroid dienone is 6. The van der Waals surface area contributed by atoms with Crippen LogP contribution in [0, 0.1) is 34.0 Å². The van der Waals surface area contributed by atoms with Gasteiger partial charge in [-0.15, -0.1) is 0 Å². The summed E-state index contributed by atoms with van der Waals surface area (Å²) >= 11 is 0. The third-order valence-corrected chi connectivity index (χ3v) is 14.0. The van der Waals surface area contributed by atoms with Gasteiger partial charge in [-0.1, -0.05) is 152 Å². The number of benzene rings is 9. The third-order valence-electron chi connectivity index (χ3n) is 14.0. The van der Waals surface area contributed by atoms with E-state index in [1.54, 1.807) is 0 Å². The lowest BCUT2D eigenvalue weighted by atomic mass is 9.80. The molecule has 0 N–H and O–H groups in total. The van der Waals surface area contributed by atoms with E-state index in [4.69, 9.17) is 0 Å². The molecule has 6 heteroatoms. The maximum absolute atomic E-state index is 11.4. The summed E-state index contributed by atoms with van der Waals surface area (Å²) in [6.07, 6.45) is 8.92. The first-order valence-electron chi connectivity index (χ1n) is 23.3. The summed E-state index contributed by atoms with van der Waals surface area (Å²) in [6, 6.07) is 74.3. The molecule has 9 aromatic carbocycles. The summed E-state index contributed by atoms with van der Waals surface area (Å²) in [7, 11) is 0. The fourth-order valence-electron chi connectivity index (χ4n) is 11.1. The minimum absolute atomic E-state index is 0.272. The Bertz CT molecular complexity index is 4040. The number of para-hydroxylation sites is 6. The van der Waals surface area contributed by atoms with Gasteiger partial charge in [-0.2, -0.15) is 15.8 Å². The molecule has 0 spiro atoms. The van der Waals surface area contributed by atoms with Crippen molar-refractivity contribution in [1.29, 1.82) is 15.8 Å². The van der Waals surface area contributed by atoms with Crippen molar-refractivity contribution in [3.63, 3.8) is 0 Å². The molecule has 0 saturated carbocycles. The van der Waals surface area contributed by atoms with Crippen LogP contribution in [0.15, 0.2) is 218 Å². The summed E-state index contributed by atoms with van der Waals surface area (Å²) in [6.45, 7) is 0. The normalized spacial score (nSPS) is 12.6. The lowest BCUT2D eigenvalue weighted by Crippen LogP contribution is -2.05. The zero-order valence-electron chi connectivity index (χ0n) is 37.7. The van der Waals surface area contributed by atoms with Crippen LogP contribution in [0.5, 0.6) is 0 Å². The van der Waals surface area contributed by atoms with Gasteiger partial charge in [0.2, 0.25) is 0 Å². The molecule has 0 aliphatic heterocycles. The zero-order chi connectivity index (χ0) is 46.9. The van der Waals surface area contributed by atoms with Crippen molar-refractivity contribution in [2.45, 2.75) is 6.42 Å². The highest BCUT2D eigenvalue weighted by molar-refractivity contribution is 6.12. The van der Waals surface area contributed by atoms with Crippen LogP contribution >= 0.6 is 0 Å². The van der Waals surface area contributed by atoms with Crippen LogP contribution in [0.4, 0.5) is 0 Å². The second-order valence-corrected chi connectivity index (χ2v) is 17.6. The molecule has 3 aromatic heterocycles. The maximum Gasteiger partial charge on any atom is 0.101 e. The van der Waals surface area contributed by atoms with Gasteiger partial charge < -0.3 is 13.7 Å². The van der Waals surface area contributed by atoms with E-state index in [2.05, 4.69) is 220 Å². The van der Waals surface area contributed by atoms with Crippen molar-refractivity contribution in [3.8, 4) is 51.8 Å². The van der Waals surface area contributed by atoms with E-state index in [1.807, 2.05) is 30.3 Å². The zero-order valence-corrected chi connectivity index (χ0v) is 37.7. The molecule has 0 saturated heterocycles. The van der Waals surface area contributed by atoms with Crippen LogP contribution in [0.2, 0.25) is 0 Å². The van der Waals surface area contributed by atoms with Gasteiger partial charge in [0.1, 0.15) is 18.2 Å². The number of hydrogen-bond acceptors (Lipinski definition) is 3. The predicted octanol–water partition coefficient (Wildman–Crippen LogP) is 15.8. The summed E-state index contributed by atoms with van der Waals surface area (Å²) in [5.74, 6) is 0. The second-order valence-electron chi connectivity index (χ2n) is 17.6. The summed E-state index contributed by atoms with van der Waals surface area (Å²) in [4.78, 5) is 0. The van der Waals surface area contributed by atoms with Gasteiger partial charge in [0.15, 0.2) is 0 Å². The van der Waals surface area contributed by atoms with Gasteiger partial charge >= 0.3 is 0 Å². The SMILES string of the molecule is N#Cc1c(C2=CCC=C(n3c4ccccc4c4ccccc43)C=C2)c(C#N)c(-c2ccc(-n3c4ccccc4c4ccccc43)cc2)c(C#N)c1-c1ccc(-n2c3ccccc3c3ccccc32)cc1. The molecule has 0 radical (unpaired) electrons. The van der Waals surface area contributed by atoms with Gasteiger partial charge in [0.25, 0.3) is 0 Å². The van der Waals surface area contributed by atoms with E-state index in [0.29, 0.717) is 34.2 Å². The Balaban J connectivity index is 1.01. The number of nitriles is 3. The number of aromatic nitrogens is 3. The van der Waals surface area contributed by atoms with Crippen LogP contribution < -0.4 is 0 Å². The number of fused-ring (bicyclic) bond motifs is 9. The van der Waals surface area contributed by atoms with Crippen LogP contribution in [-0.4, -0.2) is 13.7 Å². The highest BCUT2D eigenvalue weighted by Crippen LogP contribution is 2.45. The molecular weight excluding hydrogens is 853 g/mol. The van der Waals surface area contributed by atoms with Gasteiger partial charge in [0, 0.05) is 66.1 Å². The largest absolute Gasteiger partial charge is 0.310 e. The molecule has 0 atom stereocenters. The van der Waals surface area contributed by atoms with Gasteiger partial charge in [-0.3, -0.25) is 0 Å². The van der Waals surface area contributed by atoms with Gasteiger partial charge in [0.05, 0.1) is 49.8 Å². The Morgan fingerprint density at radius 2 is 0.629 bits per heavy atom. The first-order valence-corrected chi connectivity index (χ1v) is 23.3. The monoisotopic (exact) mass is 890 g/mol. The molecule has 3 heterocycles. The fourth-order valence-corrected chi connectivity index (χ4v) is 11.1. The molecule has 324 valence electrons. The standard InChI is InChI=1S/C64H38N6/c65-38-53-62(41-14-13-15-44(33-28-41)68-56-22-7-1-16-47(56)48-17-2-8-23-57(48)68)54(39-66)64(43-31-36-46(37-32-43)70-60-26-11-5-20-51(60)52-21-6-12-27-61(52)70)55(40-67)63(53)42-29-34-45(35-30-42)69-58-24-9-3-18-49(58)50-19-4-10-25-59(50)69/h1-12,14-37H,13H2. The quantitative estimate of drug-likeness (QED) is 0.167. The smallest absolute Gasteiger partial charge is 0.101 e. The molecule has 0 unspecified atom stereocenters. The highest BCUT2D eigenvalue weighted by atomic mass is 15.0. The number of hydrogen-bond donors (Lipinski definition) is 0. The Morgan fingerprint density at radius 1 is 0.314 bits per heavy atom. The van der Waals surface area contributed by atoms with Crippen LogP contribution in [0.3, 0.4) is 0 Å². The van der Waals surface area contributed by atoms with E-state index in [0.717, 1.165) is 88.1 Å². The minimum atomic E-state index is 0.272. The van der Waals surface area contributed by atoms with Crippen molar-refractivity contribution in [2.75, 3.05) is 0 Å². The second kappa shape index (κ2) is 16.1. The molecule has 1 aliphatic carbocycles. The van der Waals surface area contributed by atoms with Crippen molar-refractivity contribution >= 4 is 76.7 Å². The molecule has 12 aromatic rings. The van der Waals surface area contributed by atoms with Crippen molar-refractivity contribution in [2.24, 2.45) is 0 Å². The fraction of sp³-hybridized carbons (Fsp3) is 0.0156. The summed E-state index contributed by atoms with van der Waals surface area (Å²) in [5.41, 5.74) is 13.8. The van der Waals surface area contributed by atoms with Crippen LogP contribution in [-0.2, 0) is 0 Å². The predicted molar refractivity (Wildman–Crippen MR) is 286 cm³/mol. The lowest BCUT2D eigenvalue weighted by molar-refractivity contribution is 1.18. The van der Waals surface area contributed by atoms with E-state index in [1.165, 1.54) is 0 Å². The van der Waals surface area contributed by atoms with Gasteiger partial charge in [-0.25, -0.2) is 0 Å². The summed E-state index contributed by atoms with van der Waals surface area (Å²) < 4.78 is 6.78. The molecule has 70 heavy (non-hydrogen) atoms. The van der Waals surface area contributed by atoms with E-state index in [-0.39, 0.29) is 16.7 Å².